The number of esters is 1. The zero-order valence-corrected chi connectivity index (χ0v) is 17.2. The minimum Gasteiger partial charge on any atom is -0.469 e. The van der Waals surface area contributed by atoms with Crippen LogP contribution in [0.15, 0.2) is 54.6 Å². The van der Waals surface area contributed by atoms with Crippen LogP contribution < -0.4 is 10.1 Å². The number of ether oxygens (including phenoxy) is 2. The molecule has 2 aromatic rings. The molecule has 1 aliphatic rings. The number of hydrogen-bond donors (Lipinski definition) is 1. The van der Waals surface area contributed by atoms with Gasteiger partial charge in [-0.05, 0) is 43.2 Å². The molecule has 158 valence electrons. The van der Waals surface area contributed by atoms with Crippen LogP contribution in [-0.2, 0) is 16.1 Å². The molecule has 3 amide bonds. The fourth-order valence-corrected chi connectivity index (χ4v) is 3.04. The van der Waals surface area contributed by atoms with Gasteiger partial charge in [0.25, 0.3) is 0 Å². The summed E-state index contributed by atoms with van der Waals surface area (Å²) in [7, 11) is 0. The van der Waals surface area contributed by atoms with Crippen molar-refractivity contribution in [3.8, 4) is 5.75 Å². The first-order valence-electron chi connectivity index (χ1n) is 10.1. The highest BCUT2D eigenvalue weighted by atomic mass is 16.5. The topological polar surface area (TPSA) is 84.9 Å². The zero-order chi connectivity index (χ0) is 21.5. The largest absolute Gasteiger partial charge is 0.469 e. The molecule has 1 aliphatic heterocycles. The van der Waals surface area contributed by atoms with Gasteiger partial charge in [0.1, 0.15) is 5.75 Å². The predicted molar refractivity (Wildman–Crippen MR) is 111 cm³/mol. The van der Waals surface area contributed by atoms with E-state index in [0.29, 0.717) is 24.5 Å². The quantitative estimate of drug-likeness (QED) is 0.407. The van der Waals surface area contributed by atoms with Crippen molar-refractivity contribution >= 4 is 17.9 Å². The van der Waals surface area contributed by atoms with Gasteiger partial charge in [-0.25, -0.2) is 14.5 Å². The van der Waals surface area contributed by atoms with Crippen LogP contribution in [0.3, 0.4) is 0 Å². The fourth-order valence-electron chi connectivity index (χ4n) is 3.04. The van der Waals surface area contributed by atoms with Crippen molar-refractivity contribution in [2.75, 3.05) is 6.61 Å². The summed E-state index contributed by atoms with van der Waals surface area (Å²) >= 11 is 0. The molecular formula is C23H26N2O5. The van der Waals surface area contributed by atoms with Gasteiger partial charge in [-0.15, -0.1) is 0 Å². The van der Waals surface area contributed by atoms with Gasteiger partial charge in [0, 0.05) is 6.54 Å². The van der Waals surface area contributed by atoms with E-state index in [1.54, 1.807) is 31.2 Å². The molecule has 0 saturated carbocycles. The van der Waals surface area contributed by atoms with Gasteiger partial charge in [-0.3, -0.25) is 4.79 Å². The number of β-lactam (4-membered cyclic amide) rings is 1. The average molecular weight is 410 g/mol. The molecule has 7 nitrogen and oxygen atoms in total. The Bertz CT molecular complexity index is 882. The summed E-state index contributed by atoms with van der Waals surface area (Å²) in [5, 5.41) is 2.74. The number of nitrogens with one attached hydrogen (secondary N) is 1. The highest BCUT2D eigenvalue weighted by Gasteiger charge is 2.50. The minimum atomic E-state index is -0.698. The van der Waals surface area contributed by atoms with Crippen molar-refractivity contribution in [1.29, 1.82) is 0 Å². The van der Waals surface area contributed by atoms with Crippen molar-refractivity contribution in [2.24, 2.45) is 5.92 Å². The molecule has 0 unspecified atom stereocenters. The number of hydrogen-bond acceptors (Lipinski definition) is 5. The highest BCUT2D eigenvalue weighted by Crippen LogP contribution is 2.29. The molecular weight excluding hydrogens is 384 g/mol. The Morgan fingerprint density at radius 1 is 1.07 bits per heavy atom. The average Bonchev–Trinajstić information content (AvgIpc) is 2.78. The van der Waals surface area contributed by atoms with Crippen molar-refractivity contribution in [3.05, 3.63) is 65.7 Å². The molecule has 0 aromatic heterocycles. The van der Waals surface area contributed by atoms with Gasteiger partial charge in [0.05, 0.1) is 18.1 Å². The third-order valence-corrected chi connectivity index (χ3v) is 4.89. The molecule has 3 rings (SSSR count). The number of amides is 3. The molecule has 1 fully saturated rings. The van der Waals surface area contributed by atoms with Crippen LogP contribution in [0.5, 0.6) is 5.75 Å². The van der Waals surface area contributed by atoms with Gasteiger partial charge < -0.3 is 14.8 Å². The summed E-state index contributed by atoms with van der Waals surface area (Å²) in [6.45, 7) is 4.45. The fraction of sp³-hybridized carbons (Fsp3) is 0.348. The Labute approximate surface area is 176 Å². The molecule has 2 atom stereocenters. The summed E-state index contributed by atoms with van der Waals surface area (Å²) in [6.07, 6.45) is 1.08. The number of urea groups is 1. The number of carbonyl (C=O) groups excluding carboxylic acids is 3. The summed E-state index contributed by atoms with van der Waals surface area (Å²) in [6, 6.07) is 15.4. The summed E-state index contributed by atoms with van der Waals surface area (Å²) in [4.78, 5) is 37.7. The molecule has 0 bridgehead atoms. The lowest BCUT2D eigenvalue weighted by molar-refractivity contribution is -0.164. The SMILES string of the molecule is CCCCOC(=O)c1ccc(O[C@@H]2[C@@H](C)C(=O)N2C(=O)NCc2ccccc2)cc1. The van der Waals surface area contributed by atoms with E-state index in [4.69, 9.17) is 9.47 Å². The van der Waals surface area contributed by atoms with E-state index in [1.807, 2.05) is 37.3 Å². The number of benzene rings is 2. The smallest absolute Gasteiger partial charge is 0.338 e. The van der Waals surface area contributed by atoms with Gasteiger partial charge in [-0.1, -0.05) is 43.7 Å². The highest BCUT2D eigenvalue weighted by molar-refractivity contribution is 6.00. The maximum atomic E-state index is 12.5. The van der Waals surface area contributed by atoms with Crippen LogP contribution in [0, 0.1) is 5.92 Å². The second-order valence-corrected chi connectivity index (χ2v) is 7.16. The molecule has 7 heteroatoms. The van der Waals surface area contributed by atoms with E-state index < -0.39 is 18.2 Å². The van der Waals surface area contributed by atoms with Crippen molar-refractivity contribution in [1.82, 2.24) is 10.2 Å². The van der Waals surface area contributed by atoms with Crippen LogP contribution in [0.2, 0.25) is 0 Å². The molecule has 1 N–H and O–H groups in total. The Morgan fingerprint density at radius 2 is 1.77 bits per heavy atom. The summed E-state index contributed by atoms with van der Waals surface area (Å²) < 4.78 is 11.0. The number of nitrogens with zero attached hydrogens (tertiary/aromatic N) is 1. The van der Waals surface area contributed by atoms with E-state index in [-0.39, 0.29) is 11.9 Å². The molecule has 30 heavy (non-hydrogen) atoms. The van der Waals surface area contributed by atoms with Gasteiger partial charge in [0.15, 0.2) is 6.23 Å². The van der Waals surface area contributed by atoms with E-state index in [0.717, 1.165) is 23.3 Å². The number of unbranched alkanes of at least 4 members (excludes halogenated alkanes) is 1. The third kappa shape index (κ3) is 4.97. The standard InChI is InChI=1S/C23H26N2O5/c1-3-4-14-29-22(27)18-10-12-19(13-11-18)30-21-16(2)20(26)25(21)23(28)24-15-17-8-6-5-7-9-17/h5-13,16,21H,3-4,14-15H2,1-2H3,(H,24,28)/t16-,21+/m0/s1. The first-order valence-corrected chi connectivity index (χ1v) is 10.1. The van der Waals surface area contributed by atoms with Crippen LogP contribution in [-0.4, -0.2) is 35.6 Å². The maximum Gasteiger partial charge on any atom is 0.338 e. The van der Waals surface area contributed by atoms with E-state index in [2.05, 4.69) is 5.32 Å². The van der Waals surface area contributed by atoms with E-state index >= 15 is 0 Å². The second kappa shape index (κ2) is 9.91. The third-order valence-electron chi connectivity index (χ3n) is 4.89. The van der Waals surface area contributed by atoms with Gasteiger partial charge in [-0.2, -0.15) is 0 Å². The molecule has 0 radical (unpaired) electrons. The number of carbonyl (C=O) groups is 3. The van der Waals surface area contributed by atoms with Crippen molar-refractivity contribution < 1.29 is 23.9 Å². The van der Waals surface area contributed by atoms with E-state index in [1.165, 1.54) is 0 Å². The first kappa shape index (κ1) is 21.4. The number of rotatable bonds is 8. The number of likely N-dealkylation sites (tertiary alicyclic amines) is 1. The van der Waals surface area contributed by atoms with Crippen molar-refractivity contribution in [2.45, 2.75) is 39.5 Å². The Balaban J connectivity index is 1.57. The summed E-state index contributed by atoms with van der Waals surface area (Å²) in [5.41, 5.74) is 1.36. The lowest BCUT2D eigenvalue weighted by Gasteiger charge is -2.43. The van der Waals surface area contributed by atoms with Gasteiger partial charge in [0.2, 0.25) is 5.91 Å². The Kier molecular flexibility index (Phi) is 7.06. The van der Waals surface area contributed by atoms with E-state index in [9.17, 15) is 14.4 Å². The summed E-state index contributed by atoms with van der Waals surface area (Å²) in [5.74, 6) is -0.651. The van der Waals surface area contributed by atoms with Crippen LogP contribution in [0.25, 0.3) is 0 Å². The minimum absolute atomic E-state index is 0.290. The predicted octanol–water partition coefficient (Wildman–Crippen LogP) is 3.74. The van der Waals surface area contributed by atoms with Crippen molar-refractivity contribution in [3.63, 3.8) is 0 Å². The Morgan fingerprint density at radius 3 is 2.43 bits per heavy atom. The molecule has 1 heterocycles. The maximum absolute atomic E-state index is 12.5. The van der Waals surface area contributed by atoms with Crippen LogP contribution >= 0.6 is 0 Å². The van der Waals surface area contributed by atoms with Crippen LogP contribution in [0.4, 0.5) is 4.79 Å². The van der Waals surface area contributed by atoms with Crippen LogP contribution in [0.1, 0.15) is 42.6 Å². The molecule has 2 aromatic carbocycles. The second-order valence-electron chi connectivity index (χ2n) is 7.16. The van der Waals surface area contributed by atoms with Gasteiger partial charge >= 0.3 is 12.0 Å². The monoisotopic (exact) mass is 410 g/mol. The zero-order valence-electron chi connectivity index (χ0n) is 17.2. The first-order chi connectivity index (χ1) is 14.5. The lowest BCUT2D eigenvalue weighted by Crippen LogP contribution is -2.66. The Hall–Kier alpha value is -3.35. The lowest BCUT2D eigenvalue weighted by atomic mass is 9.98. The molecule has 0 aliphatic carbocycles. The molecule has 0 spiro atoms. The normalized spacial score (nSPS) is 17.8. The molecule has 1 saturated heterocycles. The number of imide groups is 1.